The molecule has 26 heavy (non-hydrogen) atoms. The van der Waals surface area contributed by atoms with Crippen LogP contribution in [0.25, 0.3) is 0 Å². The first-order valence-corrected chi connectivity index (χ1v) is 11.9. The van der Waals surface area contributed by atoms with E-state index in [2.05, 4.69) is 36.5 Å². The Kier molecular flexibility index (Phi) is 11.2. The van der Waals surface area contributed by atoms with Crippen LogP contribution in [0.3, 0.4) is 0 Å². The van der Waals surface area contributed by atoms with Crippen molar-refractivity contribution in [3.8, 4) is 0 Å². The van der Waals surface area contributed by atoms with Gasteiger partial charge in [-0.1, -0.05) is 65.2 Å². The van der Waals surface area contributed by atoms with Gasteiger partial charge in [0.2, 0.25) is 0 Å². The molecule has 0 N–H and O–H groups in total. The molecule has 0 radical (unpaired) electrons. The highest BCUT2D eigenvalue weighted by Gasteiger charge is 2.20. The Labute approximate surface area is 163 Å². The lowest BCUT2D eigenvalue weighted by molar-refractivity contribution is 0.301. The summed E-state index contributed by atoms with van der Waals surface area (Å²) in [6.45, 7) is 4.60. The predicted molar refractivity (Wildman–Crippen MR) is 116 cm³/mol. The average Bonchev–Trinajstić information content (AvgIpc) is 2.68. The molecule has 2 rings (SSSR count). The zero-order chi connectivity index (χ0) is 18.5. The van der Waals surface area contributed by atoms with Gasteiger partial charge in [0.1, 0.15) is 0 Å². The van der Waals surface area contributed by atoms with Gasteiger partial charge in [0.15, 0.2) is 0 Å². The second-order valence-corrected chi connectivity index (χ2v) is 9.08. The van der Waals surface area contributed by atoms with Crippen molar-refractivity contribution in [2.75, 3.05) is 0 Å². The fraction of sp³-hybridized carbons (Fsp3) is 0.917. The largest absolute Gasteiger partial charge is 0.164 e. The van der Waals surface area contributed by atoms with E-state index in [9.17, 15) is 0 Å². The van der Waals surface area contributed by atoms with Gasteiger partial charge in [-0.2, -0.15) is 10.2 Å². The summed E-state index contributed by atoms with van der Waals surface area (Å²) in [5, 5.41) is 8.83. The molecule has 0 bridgehead atoms. The van der Waals surface area contributed by atoms with E-state index >= 15 is 0 Å². The Hall–Kier alpha value is -0.660. The van der Waals surface area contributed by atoms with Crippen LogP contribution in [0.1, 0.15) is 117 Å². The molecule has 0 amide bonds. The van der Waals surface area contributed by atoms with E-state index in [4.69, 9.17) is 0 Å². The maximum atomic E-state index is 4.41. The molecule has 0 aliphatic heterocycles. The minimum Gasteiger partial charge on any atom is -0.164 e. The molecule has 0 spiro atoms. The molecule has 0 aromatic rings. The molecular weight excluding hydrogens is 316 g/mol. The Morgan fingerprint density at radius 1 is 0.577 bits per heavy atom. The molecule has 0 aromatic heterocycles. The Morgan fingerprint density at radius 2 is 0.962 bits per heavy atom. The molecule has 0 unspecified atom stereocenters. The van der Waals surface area contributed by atoms with Crippen LogP contribution in [0.2, 0.25) is 0 Å². The number of rotatable bonds is 11. The number of hydrogen-bond donors (Lipinski definition) is 0. The van der Waals surface area contributed by atoms with Gasteiger partial charge < -0.3 is 0 Å². The highest BCUT2D eigenvalue weighted by molar-refractivity contribution is 5.64. The lowest BCUT2D eigenvalue weighted by Gasteiger charge is -2.26. The fourth-order valence-electron chi connectivity index (χ4n) is 4.88. The quantitative estimate of drug-likeness (QED) is 0.204. The van der Waals surface area contributed by atoms with E-state index in [1.54, 1.807) is 0 Å². The van der Waals surface area contributed by atoms with E-state index in [1.807, 2.05) is 0 Å². The third kappa shape index (κ3) is 8.82. The summed E-state index contributed by atoms with van der Waals surface area (Å²) < 4.78 is 0. The second-order valence-electron chi connectivity index (χ2n) is 9.08. The van der Waals surface area contributed by atoms with Crippen molar-refractivity contribution < 1.29 is 0 Å². The van der Waals surface area contributed by atoms with Gasteiger partial charge in [0.25, 0.3) is 0 Å². The molecular formula is C24H44N2. The molecule has 2 heteroatoms. The van der Waals surface area contributed by atoms with Crippen LogP contribution in [0, 0.1) is 23.7 Å². The van der Waals surface area contributed by atoms with Crippen LogP contribution in [-0.2, 0) is 0 Å². The molecule has 2 aliphatic rings. The van der Waals surface area contributed by atoms with Gasteiger partial charge in [0.05, 0.1) is 0 Å². The van der Waals surface area contributed by atoms with E-state index in [1.165, 1.54) is 103 Å². The first-order valence-electron chi connectivity index (χ1n) is 11.9. The summed E-state index contributed by atoms with van der Waals surface area (Å²) in [4.78, 5) is 0. The Bertz CT molecular complexity index is 347. The molecule has 2 saturated carbocycles. The van der Waals surface area contributed by atoms with Crippen molar-refractivity contribution in [1.29, 1.82) is 0 Å². The summed E-state index contributed by atoms with van der Waals surface area (Å²) in [6, 6.07) is 0. The highest BCUT2D eigenvalue weighted by Crippen LogP contribution is 2.32. The molecule has 0 aromatic carbocycles. The van der Waals surface area contributed by atoms with E-state index in [0.717, 1.165) is 11.8 Å². The van der Waals surface area contributed by atoms with Crippen LogP contribution in [-0.4, -0.2) is 12.4 Å². The van der Waals surface area contributed by atoms with Crippen LogP contribution < -0.4 is 0 Å². The predicted octanol–water partition coefficient (Wildman–Crippen LogP) is 7.82. The first kappa shape index (κ1) is 21.6. The van der Waals surface area contributed by atoms with Crippen molar-refractivity contribution in [2.45, 2.75) is 117 Å². The maximum absolute atomic E-state index is 4.41. The Balaban J connectivity index is 1.55. The normalized spacial score (nSPS) is 30.4. The van der Waals surface area contributed by atoms with Gasteiger partial charge in [0, 0.05) is 12.4 Å². The zero-order valence-corrected chi connectivity index (χ0v) is 17.7. The summed E-state index contributed by atoms with van der Waals surface area (Å²) in [5.41, 5.74) is 0. The van der Waals surface area contributed by atoms with Crippen LogP contribution in [0.4, 0.5) is 0 Å². The van der Waals surface area contributed by atoms with E-state index in [0.29, 0.717) is 11.8 Å². The average molecular weight is 361 g/mol. The van der Waals surface area contributed by atoms with Crippen molar-refractivity contribution in [3.63, 3.8) is 0 Å². The number of hydrogen-bond acceptors (Lipinski definition) is 2. The van der Waals surface area contributed by atoms with Crippen molar-refractivity contribution in [2.24, 2.45) is 33.9 Å². The van der Waals surface area contributed by atoms with Crippen molar-refractivity contribution >= 4 is 12.4 Å². The SMILES string of the molecule is CCCCCC1CCC(C=NN=CC2CCC(CCCCC)CC2)CC1. The summed E-state index contributed by atoms with van der Waals surface area (Å²) >= 11 is 0. The summed E-state index contributed by atoms with van der Waals surface area (Å²) in [5.74, 6) is 3.34. The van der Waals surface area contributed by atoms with E-state index in [-0.39, 0.29) is 0 Å². The molecule has 150 valence electrons. The van der Waals surface area contributed by atoms with Gasteiger partial charge >= 0.3 is 0 Å². The Morgan fingerprint density at radius 3 is 1.31 bits per heavy atom. The van der Waals surface area contributed by atoms with Gasteiger partial charge in [-0.3, -0.25) is 0 Å². The molecule has 0 heterocycles. The van der Waals surface area contributed by atoms with Crippen LogP contribution >= 0.6 is 0 Å². The van der Waals surface area contributed by atoms with Gasteiger partial charge in [-0.05, 0) is 75.0 Å². The zero-order valence-electron chi connectivity index (χ0n) is 17.7. The fourth-order valence-corrected chi connectivity index (χ4v) is 4.88. The van der Waals surface area contributed by atoms with Crippen LogP contribution in [0.15, 0.2) is 10.2 Å². The third-order valence-corrected chi connectivity index (χ3v) is 6.84. The highest BCUT2D eigenvalue weighted by atomic mass is 15.2. The standard InChI is InChI=1S/C24H44N2/c1-3-5-7-9-21-11-15-23(16-12-21)19-25-26-20-24-17-13-22(14-18-24)10-8-6-4-2/h19-24H,3-18H2,1-2H3. The van der Waals surface area contributed by atoms with Gasteiger partial charge in [-0.15, -0.1) is 0 Å². The van der Waals surface area contributed by atoms with Crippen molar-refractivity contribution in [3.05, 3.63) is 0 Å². The lowest BCUT2D eigenvalue weighted by Crippen LogP contribution is -2.16. The van der Waals surface area contributed by atoms with Gasteiger partial charge in [-0.25, -0.2) is 0 Å². The minimum atomic E-state index is 0.684. The summed E-state index contributed by atoms with van der Waals surface area (Å²) in [6.07, 6.45) is 26.6. The maximum Gasteiger partial charge on any atom is 0.0301 e. The topological polar surface area (TPSA) is 24.7 Å². The minimum absolute atomic E-state index is 0.684. The van der Waals surface area contributed by atoms with Crippen molar-refractivity contribution in [1.82, 2.24) is 0 Å². The lowest BCUT2D eigenvalue weighted by atomic mass is 9.80. The third-order valence-electron chi connectivity index (χ3n) is 6.84. The first-order chi connectivity index (χ1) is 12.8. The molecule has 0 saturated heterocycles. The smallest absolute Gasteiger partial charge is 0.0301 e. The number of unbranched alkanes of at least 4 members (excludes halogenated alkanes) is 4. The van der Waals surface area contributed by atoms with Crippen LogP contribution in [0.5, 0.6) is 0 Å². The molecule has 2 nitrogen and oxygen atoms in total. The number of nitrogens with zero attached hydrogens (tertiary/aromatic N) is 2. The second kappa shape index (κ2) is 13.5. The summed E-state index contributed by atoms with van der Waals surface area (Å²) in [7, 11) is 0. The van der Waals surface area contributed by atoms with E-state index < -0.39 is 0 Å². The molecule has 2 aliphatic carbocycles. The molecule has 2 fully saturated rings. The molecule has 0 atom stereocenters. The monoisotopic (exact) mass is 360 g/mol.